The van der Waals surface area contributed by atoms with Crippen molar-refractivity contribution in [3.05, 3.63) is 83.0 Å². The van der Waals surface area contributed by atoms with Crippen LogP contribution in [0.5, 0.6) is 5.75 Å². The Morgan fingerprint density at radius 3 is 2.56 bits per heavy atom. The van der Waals surface area contributed by atoms with Gasteiger partial charge in [-0.3, -0.25) is 4.79 Å². The van der Waals surface area contributed by atoms with Crippen LogP contribution in [0, 0.1) is 0 Å². The Balaban J connectivity index is 1.74. The first-order chi connectivity index (χ1) is 12.2. The number of phenolic OH excluding ortho intramolecular Hbond substituents is 1. The molecule has 0 bridgehead atoms. The largest absolute Gasteiger partial charge is 0.508 e. The number of rotatable bonds is 3. The van der Waals surface area contributed by atoms with Crippen LogP contribution >= 0.6 is 0 Å². The summed E-state index contributed by atoms with van der Waals surface area (Å²) in [5.41, 5.74) is 1.76. The lowest BCUT2D eigenvalue weighted by Crippen LogP contribution is -2.17. The molecule has 0 aliphatic rings. The normalized spacial score (nSPS) is 11.4. The van der Waals surface area contributed by atoms with Gasteiger partial charge >= 0.3 is 0 Å². The number of phenols is 1. The Hall–Kier alpha value is -3.74. The molecule has 0 aliphatic carbocycles. The molecule has 0 aliphatic heterocycles. The first kappa shape index (κ1) is 14.8. The van der Waals surface area contributed by atoms with Crippen molar-refractivity contribution >= 4 is 17.2 Å². The Bertz CT molecular complexity index is 1110. The first-order valence-electron chi connectivity index (χ1n) is 7.56. The van der Waals surface area contributed by atoms with E-state index in [4.69, 9.17) is 0 Å². The Morgan fingerprint density at radius 1 is 1.04 bits per heavy atom. The molecular formula is C18H13N5O2. The fourth-order valence-corrected chi connectivity index (χ4v) is 2.43. The monoisotopic (exact) mass is 331 g/mol. The van der Waals surface area contributed by atoms with Gasteiger partial charge in [0.1, 0.15) is 17.5 Å². The van der Waals surface area contributed by atoms with E-state index in [0.29, 0.717) is 11.0 Å². The van der Waals surface area contributed by atoms with E-state index in [0.717, 1.165) is 15.9 Å². The van der Waals surface area contributed by atoms with Gasteiger partial charge in [-0.25, -0.2) is 9.67 Å². The van der Waals surface area contributed by atoms with Crippen LogP contribution < -0.4 is 5.56 Å². The predicted octanol–water partition coefficient (Wildman–Crippen LogP) is 2.17. The van der Waals surface area contributed by atoms with Crippen molar-refractivity contribution in [1.29, 1.82) is 0 Å². The molecule has 4 rings (SSSR count). The van der Waals surface area contributed by atoms with E-state index in [9.17, 15) is 9.90 Å². The summed E-state index contributed by atoms with van der Waals surface area (Å²) in [6.45, 7) is 0. The van der Waals surface area contributed by atoms with E-state index in [-0.39, 0.29) is 11.3 Å². The maximum Gasteiger partial charge on any atom is 0.285 e. The first-order valence-corrected chi connectivity index (χ1v) is 7.56. The van der Waals surface area contributed by atoms with Crippen LogP contribution in [-0.4, -0.2) is 30.8 Å². The van der Waals surface area contributed by atoms with Crippen molar-refractivity contribution in [2.24, 2.45) is 5.10 Å². The highest BCUT2D eigenvalue weighted by Gasteiger charge is 2.10. The lowest BCUT2D eigenvalue weighted by molar-refractivity contribution is 0.475. The summed E-state index contributed by atoms with van der Waals surface area (Å²) in [5.74, 6) is 0.172. The fourth-order valence-electron chi connectivity index (χ4n) is 2.43. The highest BCUT2D eigenvalue weighted by Crippen LogP contribution is 2.13. The van der Waals surface area contributed by atoms with Crippen molar-refractivity contribution in [3.8, 4) is 11.4 Å². The number of para-hydroxylation sites is 1. The van der Waals surface area contributed by atoms with Gasteiger partial charge in [-0.2, -0.15) is 14.9 Å². The minimum absolute atomic E-state index is 0.172. The minimum Gasteiger partial charge on any atom is -0.508 e. The van der Waals surface area contributed by atoms with Crippen LogP contribution in [-0.2, 0) is 0 Å². The van der Waals surface area contributed by atoms with E-state index in [1.807, 2.05) is 30.3 Å². The molecule has 7 heteroatoms. The standard InChI is InChI=1S/C18H13N5O2/c24-15-8-6-13(7-9-15)10-20-22-12-19-17-16(18(22)25)11-21-23(17)14-4-2-1-3-5-14/h1-12,24H/b20-10+. The zero-order valence-electron chi connectivity index (χ0n) is 13.0. The zero-order chi connectivity index (χ0) is 17.2. The van der Waals surface area contributed by atoms with Crippen molar-refractivity contribution in [2.45, 2.75) is 0 Å². The highest BCUT2D eigenvalue weighted by atomic mass is 16.3. The summed E-state index contributed by atoms with van der Waals surface area (Å²) in [7, 11) is 0. The number of hydrogen-bond donors (Lipinski definition) is 1. The number of fused-ring (bicyclic) bond motifs is 1. The molecule has 0 saturated heterocycles. The average molecular weight is 331 g/mol. The summed E-state index contributed by atoms with van der Waals surface area (Å²) < 4.78 is 2.77. The zero-order valence-corrected chi connectivity index (χ0v) is 13.0. The minimum atomic E-state index is -0.304. The number of benzene rings is 2. The lowest BCUT2D eigenvalue weighted by Gasteiger charge is -2.02. The quantitative estimate of drug-likeness (QED) is 0.583. The van der Waals surface area contributed by atoms with Gasteiger partial charge in [0.05, 0.1) is 18.1 Å². The van der Waals surface area contributed by atoms with Crippen molar-refractivity contribution in [3.63, 3.8) is 0 Å². The van der Waals surface area contributed by atoms with Gasteiger partial charge in [-0.05, 0) is 42.0 Å². The number of aromatic nitrogens is 4. The van der Waals surface area contributed by atoms with Gasteiger partial charge < -0.3 is 5.11 Å². The smallest absolute Gasteiger partial charge is 0.285 e. The predicted molar refractivity (Wildman–Crippen MR) is 94.2 cm³/mol. The van der Waals surface area contributed by atoms with Crippen LogP contribution in [0.2, 0.25) is 0 Å². The summed E-state index contributed by atoms with van der Waals surface area (Å²) >= 11 is 0. The van der Waals surface area contributed by atoms with Crippen molar-refractivity contribution < 1.29 is 5.11 Å². The third-order valence-electron chi connectivity index (χ3n) is 3.70. The maximum atomic E-state index is 12.6. The summed E-state index contributed by atoms with van der Waals surface area (Å²) in [6.07, 6.45) is 4.38. The molecule has 25 heavy (non-hydrogen) atoms. The second-order valence-electron chi connectivity index (χ2n) is 5.36. The molecule has 2 heterocycles. The van der Waals surface area contributed by atoms with E-state index in [1.54, 1.807) is 28.9 Å². The van der Waals surface area contributed by atoms with Gasteiger partial charge in [0.15, 0.2) is 5.65 Å². The van der Waals surface area contributed by atoms with Gasteiger partial charge in [-0.15, -0.1) is 0 Å². The third-order valence-corrected chi connectivity index (χ3v) is 3.70. The topological polar surface area (TPSA) is 85.3 Å². The molecule has 0 spiro atoms. The molecule has 122 valence electrons. The maximum absolute atomic E-state index is 12.6. The molecule has 4 aromatic rings. The van der Waals surface area contributed by atoms with Gasteiger partial charge in [-0.1, -0.05) is 18.2 Å². The molecule has 0 radical (unpaired) electrons. The second-order valence-corrected chi connectivity index (χ2v) is 5.36. The van der Waals surface area contributed by atoms with Crippen LogP contribution in [0.3, 0.4) is 0 Å². The van der Waals surface area contributed by atoms with Crippen molar-refractivity contribution in [1.82, 2.24) is 19.4 Å². The SMILES string of the molecule is O=c1c2cnn(-c3ccccc3)c2ncn1/N=C/c1ccc(O)cc1. The lowest BCUT2D eigenvalue weighted by atomic mass is 10.2. The summed E-state index contributed by atoms with van der Waals surface area (Å²) in [5, 5.41) is 18.1. The summed E-state index contributed by atoms with van der Waals surface area (Å²) in [6, 6.07) is 16.0. The Labute approximate surface area is 142 Å². The molecule has 0 fully saturated rings. The molecule has 0 amide bonds. The van der Waals surface area contributed by atoms with Crippen LogP contribution in [0.25, 0.3) is 16.7 Å². The average Bonchev–Trinajstić information content (AvgIpc) is 3.08. The van der Waals surface area contributed by atoms with Gasteiger partial charge in [0, 0.05) is 0 Å². The van der Waals surface area contributed by atoms with Gasteiger partial charge in [0.25, 0.3) is 5.56 Å². The van der Waals surface area contributed by atoms with E-state index in [1.165, 1.54) is 18.7 Å². The van der Waals surface area contributed by atoms with E-state index < -0.39 is 0 Å². The summed E-state index contributed by atoms with van der Waals surface area (Å²) in [4.78, 5) is 16.9. The molecule has 0 saturated carbocycles. The molecule has 2 aromatic carbocycles. The second kappa shape index (κ2) is 6.04. The van der Waals surface area contributed by atoms with E-state index in [2.05, 4.69) is 15.2 Å². The van der Waals surface area contributed by atoms with E-state index >= 15 is 0 Å². The van der Waals surface area contributed by atoms with Crippen molar-refractivity contribution in [2.75, 3.05) is 0 Å². The molecular weight excluding hydrogens is 318 g/mol. The van der Waals surface area contributed by atoms with Crippen LogP contribution in [0.4, 0.5) is 0 Å². The number of aromatic hydroxyl groups is 1. The molecule has 0 atom stereocenters. The Kier molecular flexibility index (Phi) is 3.59. The van der Waals surface area contributed by atoms with Crippen LogP contribution in [0.15, 0.2) is 77.0 Å². The molecule has 2 aromatic heterocycles. The highest BCUT2D eigenvalue weighted by molar-refractivity contribution is 5.80. The molecule has 7 nitrogen and oxygen atoms in total. The molecule has 0 unspecified atom stereocenters. The molecule has 1 N–H and O–H groups in total. The fraction of sp³-hybridized carbons (Fsp3) is 0. The van der Waals surface area contributed by atoms with Gasteiger partial charge in [0.2, 0.25) is 0 Å². The van der Waals surface area contributed by atoms with Crippen LogP contribution in [0.1, 0.15) is 5.56 Å². The number of hydrogen-bond acceptors (Lipinski definition) is 5. The Morgan fingerprint density at radius 2 is 1.80 bits per heavy atom. The number of nitrogens with zero attached hydrogens (tertiary/aromatic N) is 5. The third kappa shape index (κ3) is 2.78.